The number of furan rings is 1. The van der Waals surface area contributed by atoms with Crippen molar-refractivity contribution in [2.45, 2.75) is 19.9 Å². The van der Waals surface area contributed by atoms with Crippen molar-refractivity contribution in [3.8, 4) is 5.88 Å². The Morgan fingerprint density at radius 2 is 2.12 bits per heavy atom. The van der Waals surface area contributed by atoms with Gasteiger partial charge in [-0.3, -0.25) is 9.69 Å². The van der Waals surface area contributed by atoms with Crippen LogP contribution in [0.2, 0.25) is 0 Å². The number of nitrogens with zero attached hydrogens (tertiary/aromatic N) is 2. The normalized spacial score (nSPS) is 16.6. The maximum absolute atomic E-state index is 12.1. The SMILES string of the molecule is Cc1cc(OCC(=O)NCC(c2ccc(C)o2)N2CCOCC2)no1. The molecule has 0 radical (unpaired) electrons. The summed E-state index contributed by atoms with van der Waals surface area (Å²) in [5.74, 6) is 2.41. The van der Waals surface area contributed by atoms with Crippen LogP contribution < -0.4 is 10.1 Å². The van der Waals surface area contributed by atoms with Crippen LogP contribution in [0.3, 0.4) is 0 Å². The van der Waals surface area contributed by atoms with Gasteiger partial charge in [0, 0.05) is 25.7 Å². The van der Waals surface area contributed by atoms with Crippen molar-refractivity contribution in [3.05, 3.63) is 35.5 Å². The average molecular weight is 349 g/mol. The van der Waals surface area contributed by atoms with Gasteiger partial charge in [0.25, 0.3) is 11.8 Å². The number of nitrogens with one attached hydrogen (secondary N) is 1. The van der Waals surface area contributed by atoms with Crippen molar-refractivity contribution in [1.29, 1.82) is 0 Å². The van der Waals surface area contributed by atoms with E-state index in [1.165, 1.54) is 0 Å². The van der Waals surface area contributed by atoms with Gasteiger partial charge in [-0.05, 0) is 31.1 Å². The van der Waals surface area contributed by atoms with Gasteiger partial charge >= 0.3 is 0 Å². The van der Waals surface area contributed by atoms with E-state index >= 15 is 0 Å². The molecule has 0 aromatic carbocycles. The Labute approximate surface area is 146 Å². The minimum atomic E-state index is -0.220. The predicted octanol–water partition coefficient (Wildman–Crippen LogP) is 1.45. The van der Waals surface area contributed by atoms with E-state index in [1.807, 2.05) is 19.1 Å². The Morgan fingerprint density at radius 3 is 2.76 bits per heavy atom. The van der Waals surface area contributed by atoms with Gasteiger partial charge < -0.3 is 23.7 Å². The molecule has 2 aromatic heterocycles. The van der Waals surface area contributed by atoms with Gasteiger partial charge in [0.15, 0.2) is 6.61 Å². The van der Waals surface area contributed by atoms with Crippen LogP contribution >= 0.6 is 0 Å². The molecule has 136 valence electrons. The molecule has 25 heavy (non-hydrogen) atoms. The van der Waals surface area contributed by atoms with Crippen LogP contribution in [-0.4, -0.2) is 55.4 Å². The zero-order valence-electron chi connectivity index (χ0n) is 14.5. The topological polar surface area (TPSA) is 90.0 Å². The molecule has 8 nitrogen and oxygen atoms in total. The third kappa shape index (κ3) is 4.83. The zero-order valence-corrected chi connectivity index (χ0v) is 14.5. The lowest BCUT2D eigenvalue weighted by Gasteiger charge is -2.33. The molecule has 3 rings (SSSR count). The first-order valence-electron chi connectivity index (χ1n) is 8.33. The fourth-order valence-electron chi connectivity index (χ4n) is 2.74. The van der Waals surface area contributed by atoms with E-state index in [9.17, 15) is 4.79 Å². The summed E-state index contributed by atoms with van der Waals surface area (Å²) in [6.07, 6.45) is 0. The summed E-state index contributed by atoms with van der Waals surface area (Å²) < 4.78 is 21.4. The molecule has 1 aliphatic heterocycles. The van der Waals surface area contributed by atoms with Crippen molar-refractivity contribution in [3.63, 3.8) is 0 Å². The van der Waals surface area contributed by atoms with Crippen molar-refractivity contribution in [1.82, 2.24) is 15.4 Å². The maximum atomic E-state index is 12.1. The van der Waals surface area contributed by atoms with Gasteiger partial charge in [0.05, 0.1) is 19.3 Å². The lowest BCUT2D eigenvalue weighted by atomic mass is 10.1. The molecule has 0 aliphatic carbocycles. The number of hydrogen-bond acceptors (Lipinski definition) is 7. The van der Waals surface area contributed by atoms with Crippen molar-refractivity contribution >= 4 is 5.91 Å². The molecule has 1 aliphatic rings. The molecule has 8 heteroatoms. The quantitative estimate of drug-likeness (QED) is 0.809. The van der Waals surface area contributed by atoms with E-state index < -0.39 is 0 Å². The molecule has 0 bridgehead atoms. The Balaban J connectivity index is 1.55. The first-order valence-corrected chi connectivity index (χ1v) is 8.33. The van der Waals surface area contributed by atoms with Crippen LogP contribution in [0, 0.1) is 13.8 Å². The average Bonchev–Trinajstić information content (AvgIpc) is 3.23. The second kappa shape index (κ2) is 8.17. The van der Waals surface area contributed by atoms with Crippen LogP contribution in [0.15, 0.2) is 27.1 Å². The number of aromatic nitrogens is 1. The second-order valence-electron chi connectivity index (χ2n) is 5.98. The molecule has 1 saturated heterocycles. The van der Waals surface area contributed by atoms with Crippen LogP contribution in [0.1, 0.15) is 23.3 Å². The van der Waals surface area contributed by atoms with Crippen molar-refractivity contribution < 1.29 is 23.2 Å². The minimum Gasteiger partial charge on any atom is -0.465 e. The van der Waals surface area contributed by atoms with Crippen molar-refractivity contribution in [2.75, 3.05) is 39.5 Å². The summed E-state index contributed by atoms with van der Waals surface area (Å²) in [5.41, 5.74) is 0. The van der Waals surface area contributed by atoms with Crippen LogP contribution in [0.25, 0.3) is 0 Å². The van der Waals surface area contributed by atoms with Crippen LogP contribution in [0.5, 0.6) is 5.88 Å². The monoisotopic (exact) mass is 349 g/mol. The third-order valence-corrected chi connectivity index (χ3v) is 4.03. The molecular weight excluding hydrogens is 326 g/mol. The molecule has 0 saturated carbocycles. The summed E-state index contributed by atoms with van der Waals surface area (Å²) in [6.45, 7) is 6.96. The number of aryl methyl sites for hydroxylation is 2. The summed E-state index contributed by atoms with van der Waals surface area (Å²) in [5, 5.41) is 6.59. The Kier molecular flexibility index (Phi) is 5.72. The highest BCUT2D eigenvalue weighted by molar-refractivity contribution is 5.77. The fourth-order valence-corrected chi connectivity index (χ4v) is 2.74. The van der Waals surface area contributed by atoms with E-state index in [4.69, 9.17) is 18.4 Å². The number of rotatable bonds is 7. The Morgan fingerprint density at radius 1 is 1.32 bits per heavy atom. The lowest BCUT2D eigenvalue weighted by molar-refractivity contribution is -0.123. The van der Waals surface area contributed by atoms with Gasteiger partial charge in [-0.15, -0.1) is 0 Å². The first kappa shape index (κ1) is 17.5. The molecule has 1 unspecified atom stereocenters. The molecule has 3 heterocycles. The standard InChI is InChI=1S/C17H23N3O5/c1-12-3-4-15(24-12)14(20-5-7-22-8-6-20)10-18-16(21)11-23-17-9-13(2)25-19-17/h3-4,9,14H,5-8,10-11H2,1-2H3,(H,18,21). The molecule has 2 aromatic rings. The fraction of sp³-hybridized carbons (Fsp3) is 0.529. The van der Waals surface area contributed by atoms with Crippen molar-refractivity contribution in [2.24, 2.45) is 0 Å². The molecular formula is C17H23N3O5. The summed E-state index contributed by atoms with van der Waals surface area (Å²) in [7, 11) is 0. The van der Waals surface area contributed by atoms with E-state index in [1.54, 1.807) is 13.0 Å². The van der Waals surface area contributed by atoms with E-state index in [-0.39, 0.29) is 18.6 Å². The summed E-state index contributed by atoms with van der Waals surface area (Å²) in [6, 6.07) is 5.49. The van der Waals surface area contributed by atoms with Crippen LogP contribution in [-0.2, 0) is 9.53 Å². The highest BCUT2D eigenvalue weighted by Crippen LogP contribution is 2.23. The van der Waals surface area contributed by atoms with E-state index in [0.717, 1.165) is 24.6 Å². The molecule has 1 amide bonds. The smallest absolute Gasteiger partial charge is 0.258 e. The maximum Gasteiger partial charge on any atom is 0.258 e. The number of ether oxygens (including phenoxy) is 2. The zero-order chi connectivity index (χ0) is 17.6. The first-order chi connectivity index (χ1) is 12.1. The largest absolute Gasteiger partial charge is 0.465 e. The number of hydrogen-bond donors (Lipinski definition) is 1. The predicted molar refractivity (Wildman–Crippen MR) is 88.3 cm³/mol. The summed E-state index contributed by atoms with van der Waals surface area (Å²) in [4.78, 5) is 14.3. The van der Waals surface area contributed by atoms with E-state index in [0.29, 0.717) is 31.4 Å². The molecule has 1 fully saturated rings. The van der Waals surface area contributed by atoms with Crippen LogP contribution in [0.4, 0.5) is 0 Å². The van der Waals surface area contributed by atoms with Gasteiger partial charge in [0.1, 0.15) is 17.3 Å². The number of morpholine rings is 1. The minimum absolute atomic E-state index is 0.0316. The van der Waals surface area contributed by atoms with E-state index in [2.05, 4.69) is 15.4 Å². The molecule has 1 N–H and O–H groups in total. The highest BCUT2D eigenvalue weighted by Gasteiger charge is 2.25. The Hall–Kier alpha value is -2.32. The highest BCUT2D eigenvalue weighted by atomic mass is 16.5. The van der Waals surface area contributed by atoms with Gasteiger partial charge in [-0.25, -0.2) is 0 Å². The second-order valence-corrected chi connectivity index (χ2v) is 5.98. The Bertz CT molecular complexity index is 690. The number of carbonyl (C=O) groups excluding carboxylic acids is 1. The van der Waals surface area contributed by atoms with Gasteiger partial charge in [-0.2, -0.15) is 0 Å². The molecule has 0 spiro atoms. The molecule has 1 atom stereocenters. The number of carbonyl (C=O) groups is 1. The third-order valence-electron chi connectivity index (χ3n) is 4.03. The number of amides is 1. The van der Waals surface area contributed by atoms with Gasteiger partial charge in [0.2, 0.25) is 0 Å². The summed E-state index contributed by atoms with van der Waals surface area (Å²) >= 11 is 0. The van der Waals surface area contributed by atoms with Gasteiger partial charge in [-0.1, -0.05) is 0 Å². The lowest BCUT2D eigenvalue weighted by Crippen LogP contribution is -2.44.